The van der Waals surface area contributed by atoms with E-state index in [2.05, 4.69) is 16.0 Å². The number of hydrogen-bond acceptors (Lipinski definition) is 5. The summed E-state index contributed by atoms with van der Waals surface area (Å²) >= 11 is 0. The third-order valence-electron chi connectivity index (χ3n) is 5.20. The Morgan fingerprint density at radius 3 is 1.75 bits per heavy atom. The summed E-state index contributed by atoms with van der Waals surface area (Å²) < 4.78 is 0. The summed E-state index contributed by atoms with van der Waals surface area (Å²) in [5.74, 6) is -0.248. The lowest BCUT2D eigenvalue weighted by Gasteiger charge is -2.32. The summed E-state index contributed by atoms with van der Waals surface area (Å²) in [4.78, 5) is 39.3. The van der Waals surface area contributed by atoms with Crippen LogP contribution in [0.15, 0.2) is 0 Å². The second-order valence-corrected chi connectivity index (χ2v) is 11.8. The van der Waals surface area contributed by atoms with Crippen LogP contribution in [0.2, 0.25) is 0 Å². The molecule has 0 aromatic rings. The van der Waals surface area contributed by atoms with Crippen molar-refractivity contribution < 1.29 is 14.4 Å². The Morgan fingerprint density at radius 2 is 1.34 bits per heavy atom. The van der Waals surface area contributed by atoms with E-state index in [4.69, 9.17) is 5.73 Å². The molecule has 32 heavy (non-hydrogen) atoms. The number of carbonyl (C=O) groups is 3. The Labute approximate surface area is 196 Å². The quantitative estimate of drug-likeness (QED) is 0.319. The second-order valence-electron chi connectivity index (χ2n) is 11.8. The van der Waals surface area contributed by atoms with E-state index in [1.165, 1.54) is 0 Å². The van der Waals surface area contributed by atoms with Gasteiger partial charge in [0.2, 0.25) is 11.8 Å². The van der Waals surface area contributed by atoms with Crippen LogP contribution in [0.25, 0.3) is 0 Å². The molecule has 0 aromatic carbocycles. The van der Waals surface area contributed by atoms with E-state index >= 15 is 0 Å². The van der Waals surface area contributed by atoms with Crippen LogP contribution in [0, 0.1) is 17.3 Å². The Hall–Kier alpha value is -1.47. The highest BCUT2D eigenvalue weighted by Crippen LogP contribution is 2.20. The van der Waals surface area contributed by atoms with Crippen LogP contribution in [0.3, 0.4) is 0 Å². The summed E-state index contributed by atoms with van der Waals surface area (Å²) in [5, 5.41) is 9.26. The molecule has 0 fully saturated rings. The summed E-state index contributed by atoms with van der Waals surface area (Å²) in [6.07, 6.45) is 2.60. The first-order valence-corrected chi connectivity index (χ1v) is 12.1. The lowest BCUT2D eigenvalue weighted by atomic mass is 9.84. The van der Waals surface area contributed by atoms with E-state index in [0.29, 0.717) is 19.4 Å². The molecule has 0 radical (unpaired) electrons. The Kier molecular flexibility index (Phi) is 12.7. The minimum Gasteiger partial charge on any atom is -0.344 e. The molecule has 0 aliphatic heterocycles. The third-order valence-corrected chi connectivity index (χ3v) is 5.20. The minimum absolute atomic E-state index is 0.00745. The van der Waals surface area contributed by atoms with Crippen molar-refractivity contribution in [2.24, 2.45) is 23.0 Å². The van der Waals surface area contributed by atoms with Crippen molar-refractivity contribution >= 4 is 17.6 Å². The molecule has 188 valence electrons. The predicted molar refractivity (Wildman–Crippen MR) is 132 cm³/mol. The molecular formula is C25H50N4O3. The fraction of sp³-hybridized carbons (Fsp3) is 0.880. The van der Waals surface area contributed by atoms with E-state index in [0.717, 1.165) is 12.8 Å². The van der Waals surface area contributed by atoms with Gasteiger partial charge in [0.25, 0.3) is 0 Å². The second kappa shape index (κ2) is 13.3. The van der Waals surface area contributed by atoms with Gasteiger partial charge in [-0.25, -0.2) is 0 Å². The van der Waals surface area contributed by atoms with Crippen LogP contribution >= 0.6 is 0 Å². The summed E-state index contributed by atoms with van der Waals surface area (Å²) in [6, 6.07) is -1.71. The standard InChI is InChI=1S/C25H50N4O3/c1-16(2)15-19(28-23(32)20(17(3)4)29-25(8,9)10)22(31)27-18(13-11-12-14-26)21(30)24(5,6)7/h16-20,29H,11-15,26H2,1-10H3,(H,27,31)(H,28,32)/t18-,19-,20-/m0/s1. The number of nitrogens with two attached hydrogens (primary N) is 1. The Morgan fingerprint density at radius 1 is 0.812 bits per heavy atom. The maximum Gasteiger partial charge on any atom is 0.243 e. The van der Waals surface area contributed by atoms with Crippen LogP contribution in [-0.4, -0.2) is 47.8 Å². The average Bonchev–Trinajstić information content (AvgIpc) is 2.62. The molecule has 0 spiro atoms. The maximum absolute atomic E-state index is 13.2. The van der Waals surface area contributed by atoms with Gasteiger partial charge >= 0.3 is 0 Å². The van der Waals surface area contributed by atoms with Crippen LogP contribution in [0.5, 0.6) is 0 Å². The first kappa shape index (κ1) is 30.5. The van der Waals surface area contributed by atoms with E-state index in [-0.39, 0.29) is 35.0 Å². The largest absolute Gasteiger partial charge is 0.344 e. The van der Waals surface area contributed by atoms with Crippen molar-refractivity contribution in [2.45, 2.75) is 119 Å². The molecule has 0 saturated carbocycles. The topological polar surface area (TPSA) is 113 Å². The molecule has 0 saturated heterocycles. The maximum atomic E-state index is 13.2. The van der Waals surface area contributed by atoms with E-state index in [1.54, 1.807) is 0 Å². The number of rotatable bonds is 13. The highest BCUT2D eigenvalue weighted by molar-refractivity contribution is 5.95. The zero-order chi connectivity index (χ0) is 25.3. The van der Waals surface area contributed by atoms with Crippen molar-refractivity contribution in [2.75, 3.05) is 6.54 Å². The SMILES string of the molecule is CC(C)C[C@H](NC(=O)[C@@H](NC(C)(C)C)C(C)C)C(=O)N[C@@H](CCCCN)C(=O)C(C)(C)C. The van der Waals surface area contributed by atoms with Crippen LogP contribution in [0.4, 0.5) is 0 Å². The van der Waals surface area contributed by atoms with Gasteiger partial charge in [-0.05, 0) is 64.8 Å². The van der Waals surface area contributed by atoms with Gasteiger partial charge in [-0.3, -0.25) is 14.4 Å². The Balaban J connectivity index is 5.58. The van der Waals surface area contributed by atoms with Crippen molar-refractivity contribution in [1.29, 1.82) is 0 Å². The van der Waals surface area contributed by atoms with Crippen molar-refractivity contribution in [3.63, 3.8) is 0 Å². The van der Waals surface area contributed by atoms with Gasteiger partial charge in [0.05, 0.1) is 12.1 Å². The number of nitrogens with one attached hydrogen (secondary N) is 3. The van der Waals surface area contributed by atoms with E-state index in [9.17, 15) is 14.4 Å². The van der Waals surface area contributed by atoms with Crippen molar-refractivity contribution in [1.82, 2.24) is 16.0 Å². The Bertz CT molecular complexity index is 603. The van der Waals surface area contributed by atoms with Crippen LogP contribution in [0.1, 0.15) is 94.9 Å². The fourth-order valence-corrected chi connectivity index (χ4v) is 3.52. The number of hydrogen-bond donors (Lipinski definition) is 4. The molecule has 7 nitrogen and oxygen atoms in total. The molecule has 5 N–H and O–H groups in total. The number of carbonyl (C=O) groups excluding carboxylic acids is 3. The normalized spacial score (nSPS) is 15.4. The van der Waals surface area contributed by atoms with E-state index < -0.39 is 23.5 Å². The number of unbranched alkanes of at least 4 members (excludes halogenated alkanes) is 1. The molecule has 0 aromatic heterocycles. The summed E-state index contributed by atoms with van der Waals surface area (Å²) in [5.41, 5.74) is 4.79. The molecule has 0 aliphatic rings. The zero-order valence-electron chi connectivity index (χ0n) is 22.2. The van der Waals surface area contributed by atoms with Crippen molar-refractivity contribution in [3.05, 3.63) is 0 Å². The highest BCUT2D eigenvalue weighted by Gasteiger charge is 2.34. The number of amides is 2. The summed E-state index contributed by atoms with van der Waals surface area (Å²) in [7, 11) is 0. The third kappa shape index (κ3) is 12.0. The van der Waals surface area contributed by atoms with Crippen LogP contribution < -0.4 is 21.7 Å². The molecule has 7 heteroatoms. The van der Waals surface area contributed by atoms with Gasteiger partial charge in [-0.2, -0.15) is 0 Å². The van der Waals surface area contributed by atoms with Crippen LogP contribution in [-0.2, 0) is 14.4 Å². The molecule has 0 unspecified atom stereocenters. The molecular weight excluding hydrogens is 404 g/mol. The van der Waals surface area contributed by atoms with Gasteiger partial charge in [-0.1, -0.05) is 48.5 Å². The lowest BCUT2D eigenvalue weighted by molar-refractivity contribution is -0.135. The molecule has 3 atom stereocenters. The first-order valence-electron chi connectivity index (χ1n) is 12.1. The lowest BCUT2D eigenvalue weighted by Crippen LogP contribution is -2.59. The summed E-state index contributed by atoms with van der Waals surface area (Å²) in [6.45, 7) is 20.1. The van der Waals surface area contributed by atoms with Gasteiger partial charge in [0.1, 0.15) is 6.04 Å². The van der Waals surface area contributed by atoms with Gasteiger partial charge in [0.15, 0.2) is 5.78 Å². The average molecular weight is 455 g/mol. The monoisotopic (exact) mass is 454 g/mol. The predicted octanol–water partition coefficient (Wildman–Crippen LogP) is 3.16. The smallest absolute Gasteiger partial charge is 0.243 e. The highest BCUT2D eigenvalue weighted by atomic mass is 16.2. The first-order chi connectivity index (χ1) is 14.5. The van der Waals surface area contributed by atoms with Gasteiger partial charge < -0.3 is 21.7 Å². The molecule has 0 heterocycles. The molecule has 2 amide bonds. The molecule has 0 aliphatic carbocycles. The molecule has 0 bridgehead atoms. The fourth-order valence-electron chi connectivity index (χ4n) is 3.52. The number of ketones is 1. The van der Waals surface area contributed by atoms with Crippen molar-refractivity contribution in [3.8, 4) is 0 Å². The van der Waals surface area contributed by atoms with E-state index in [1.807, 2.05) is 69.2 Å². The van der Waals surface area contributed by atoms with Gasteiger partial charge in [-0.15, -0.1) is 0 Å². The number of Topliss-reactive ketones (excluding diaryl/α,β-unsaturated/α-hetero) is 1. The minimum atomic E-state index is -0.699. The van der Waals surface area contributed by atoms with Gasteiger partial charge in [0, 0.05) is 11.0 Å². The zero-order valence-corrected chi connectivity index (χ0v) is 22.2. The molecule has 0 rings (SSSR count).